The Labute approximate surface area is 178 Å². The molecule has 0 heterocycles. The molecule has 0 N–H and O–H groups in total. The number of hydrogen-bond donors (Lipinski definition) is 0. The number of carbonyl (C=O) groups is 2. The van der Waals surface area contributed by atoms with Crippen molar-refractivity contribution in [2.45, 2.75) is 31.3 Å². The highest BCUT2D eigenvalue weighted by Gasteiger charge is 2.26. The molecule has 0 saturated heterocycles. The summed E-state index contributed by atoms with van der Waals surface area (Å²) >= 11 is 6.06. The van der Waals surface area contributed by atoms with E-state index in [-0.39, 0.29) is 28.6 Å². The van der Waals surface area contributed by atoms with Gasteiger partial charge >= 0.3 is 5.97 Å². The lowest BCUT2D eigenvalue weighted by molar-refractivity contribution is -0.155. The van der Waals surface area contributed by atoms with E-state index in [1.165, 1.54) is 37.2 Å². The van der Waals surface area contributed by atoms with Crippen LogP contribution in [0.3, 0.4) is 0 Å². The van der Waals surface area contributed by atoms with E-state index >= 15 is 0 Å². The van der Waals surface area contributed by atoms with Crippen molar-refractivity contribution < 1.29 is 22.7 Å². The smallest absolute Gasteiger partial charge is 0.326 e. The van der Waals surface area contributed by atoms with Gasteiger partial charge in [-0.2, -0.15) is 0 Å². The number of rotatable bonds is 8. The van der Waals surface area contributed by atoms with E-state index in [0.717, 1.165) is 4.31 Å². The minimum Gasteiger partial charge on any atom is -0.459 e. The summed E-state index contributed by atoms with van der Waals surface area (Å²) in [4.78, 5) is 28.4. The molecule has 0 radical (unpaired) electrons. The Kier molecular flexibility index (Phi) is 8.64. The van der Waals surface area contributed by atoms with Gasteiger partial charge in [-0.15, -0.1) is 0 Å². The van der Waals surface area contributed by atoms with Crippen molar-refractivity contribution in [2.24, 2.45) is 0 Å². The lowest BCUT2D eigenvalue weighted by Gasteiger charge is -2.26. The standard InChI is InChI=1S/C19H30ClN3O5S/c1-19(2,3)28-17(24)13-23(11-10-21(4)5)18(25)14-8-9-15(20)16(12-14)29(26,27)22(6)7/h8-9,12H,10-11,13H2,1-7H3. The van der Waals surface area contributed by atoms with E-state index in [4.69, 9.17) is 16.3 Å². The highest BCUT2D eigenvalue weighted by atomic mass is 35.5. The highest BCUT2D eigenvalue weighted by Crippen LogP contribution is 2.25. The van der Waals surface area contributed by atoms with Crippen LogP contribution >= 0.6 is 11.6 Å². The van der Waals surface area contributed by atoms with E-state index < -0.39 is 27.5 Å². The largest absolute Gasteiger partial charge is 0.459 e. The van der Waals surface area contributed by atoms with Gasteiger partial charge in [0.15, 0.2) is 0 Å². The first-order chi connectivity index (χ1) is 13.1. The van der Waals surface area contributed by atoms with E-state index in [9.17, 15) is 18.0 Å². The van der Waals surface area contributed by atoms with Gasteiger partial charge in [0.05, 0.1) is 5.02 Å². The summed E-state index contributed by atoms with van der Waals surface area (Å²) in [5, 5.41) is 0.0160. The third kappa shape index (κ3) is 7.58. The Morgan fingerprint density at radius 3 is 2.14 bits per heavy atom. The first kappa shape index (κ1) is 25.4. The number of amides is 1. The van der Waals surface area contributed by atoms with Crippen molar-refractivity contribution in [3.63, 3.8) is 0 Å². The molecule has 8 nitrogen and oxygen atoms in total. The molecule has 0 saturated carbocycles. The monoisotopic (exact) mass is 447 g/mol. The number of halogens is 1. The van der Waals surface area contributed by atoms with Crippen LogP contribution in [-0.4, -0.2) is 87.8 Å². The fourth-order valence-corrected chi connectivity index (χ4v) is 3.71. The van der Waals surface area contributed by atoms with Crippen LogP contribution in [0.25, 0.3) is 0 Å². The van der Waals surface area contributed by atoms with Gasteiger partial charge in [-0.3, -0.25) is 9.59 Å². The molecule has 0 unspecified atom stereocenters. The Balaban J connectivity index is 3.23. The number of carbonyl (C=O) groups excluding carboxylic acids is 2. The first-order valence-corrected chi connectivity index (χ1v) is 10.8. The molecule has 0 spiro atoms. The van der Waals surface area contributed by atoms with Crippen LogP contribution in [0.5, 0.6) is 0 Å². The molecule has 1 rings (SSSR count). The molecule has 10 heteroatoms. The minimum absolute atomic E-state index is 0.0160. The predicted octanol–water partition coefficient (Wildman–Crippen LogP) is 1.94. The predicted molar refractivity (Wildman–Crippen MR) is 113 cm³/mol. The molecule has 29 heavy (non-hydrogen) atoms. The lowest BCUT2D eigenvalue weighted by Crippen LogP contribution is -2.42. The fourth-order valence-electron chi connectivity index (χ4n) is 2.32. The number of likely N-dealkylation sites (N-methyl/N-ethyl adjacent to an activating group) is 1. The first-order valence-electron chi connectivity index (χ1n) is 9.03. The zero-order chi connectivity index (χ0) is 22.6. The summed E-state index contributed by atoms with van der Waals surface area (Å²) in [5.41, 5.74) is -0.558. The van der Waals surface area contributed by atoms with Gasteiger partial charge < -0.3 is 14.5 Å². The second kappa shape index (κ2) is 9.88. The number of nitrogens with zero attached hydrogens (tertiary/aromatic N) is 3. The van der Waals surface area contributed by atoms with Crippen LogP contribution in [0.4, 0.5) is 0 Å². The Morgan fingerprint density at radius 2 is 1.66 bits per heavy atom. The summed E-state index contributed by atoms with van der Waals surface area (Å²) in [6.07, 6.45) is 0. The van der Waals surface area contributed by atoms with E-state index in [2.05, 4.69) is 0 Å². The van der Waals surface area contributed by atoms with E-state index in [1.807, 2.05) is 19.0 Å². The van der Waals surface area contributed by atoms with Crippen molar-refractivity contribution in [2.75, 3.05) is 47.8 Å². The molecule has 1 aromatic carbocycles. The van der Waals surface area contributed by atoms with Crippen molar-refractivity contribution in [1.82, 2.24) is 14.1 Å². The maximum Gasteiger partial charge on any atom is 0.326 e. The average Bonchev–Trinajstić information content (AvgIpc) is 2.56. The van der Waals surface area contributed by atoms with Gasteiger partial charge in [0.1, 0.15) is 17.0 Å². The maximum atomic E-state index is 13.1. The van der Waals surface area contributed by atoms with E-state index in [1.54, 1.807) is 20.8 Å². The van der Waals surface area contributed by atoms with Crippen LogP contribution in [0.15, 0.2) is 23.1 Å². The number of benzene rings is 1. The number of esters is 1. The summed E-state index contributed by atoms with van der Waals surface area (Å²) in [6.45, 7) is 5.77. The maximum absolute atomic E-state index is 13.1. The fraction of sp³-hybridized carbons (Fsp3) is 0.579. The van der Waals surface area contributed by atoms with Crippen LogP contribution in [-0.2, 0) is 19.6 Å². The molecule has 164 valence electrons. The Morgan fingerprint density at radius 1 is 1.07 bits per heavy atom. The molecule has 0 fully saturated rings. The third-order valence-corrected chi connectivity index (χ3v) is 6.08. The number of ether oxygens (including phenoxy) is 1. The van der Waals surface area contributed by atoms with Crippen LogP contribution < -0.4 is 0 Å². The zero-order valence-electron chi connectivity index (χ0n) is 18.0. The molecule has 0 aliphatic heterocycles. The molecule has 0 aliphatic carbocycles. The summed E-state index contributed by atoms with van der Waals surface area (Å²) in [5.74, 6) is -1.02. The van der Waals surface area contributed by atoms with Crippen LogP contribution in [0.1, 0.15) is 31.1 Å². The third-order valence-electron chi connectivity index (χ3n) is 3.78. The van der Waals surface area contributed by atoms with Gasteiger partial charge in [0, 0.05) is 32.7 Å². The quantitative estimate of drug-likeness (QED) is 0.566. The number of hydrogen-bond acceptors (Lipinski definition) is 6. The van der Waals surface area contributed by atoms with Crippen LogP contribution in [0, 0.1) is 0 Å². The molecule has 0 aliphatic rings. The number of sulfonamides is 1. The normalized spacial score (nSPS) is 12.3. The minimum atomic E-state index is -3.83. The molecule has 1 amide bonds. The van der Waals surface area contributed by atoms with Gasteiger partial charge in [-0.05, 0) is 53.1 Å². The molecular formula is C19H30ClN3O5S. The average molecular weight is 448 g/mol. The van der Waals surface area contributed by atoms with Gasteiger partial charge in [0.25, 0.3) is 5.91 Å². The molecule has 1 aromatic rings. The Hall–Kier alpha value is -1.68. The van der Waals surface area contributed by atoms with E-state index in [0.29, 0.717) is 6.54 Å². The highest BCUT2D eigenvalue weighted by molar-refractivity contribution is 7.89. The van der Waals surface area contributed by atoms with Gasteiger partial charge in [-0.1, -0.05) is 11.6 Å². The molecule has 0 atom stereocenters. The summed E-state index contributed by atoms with van der Waals surface area (Å²) in [7, 11) is 2.63. The second-order valence-electron chi connectivity index (χ2n) is 8.05. The second-order valence-corrected chi connectivity index (χ2v) is 10.6. The van der Waals surface area contributed by atoms with Crippen molar-refractivity contribution in [3.8, 4) is 0 Å². The lowest BCUT2D eigenvalue weighted by atomic mass is 10.2. The van der Waals surface area contributed by atoms with Crippen molar-refractivity contribution in [1.29, 1.82) is 0 Å². The molecule has 0 aromatic heterocycles. The van der Waals surface area contributed by atoms with Crippen molar-refractivity contribution in [3.05, 3.63) is 28.8 Å². The molecular weight excluding hydrogens is 418 g/mol. The summed E-state index contributed by atoms with van der Waals surface area (Å²) < 4.78 is 31.3. The Bertz CT molecular complexity index is 848. The SMILES string of the molecule is CN(C)CCN(CC(=O)OC(C)(C)C)C(=O)c1ccc(Cl)c(S(=O)(=O)N(C)C)c1. The van der Waals surface area contributed by atoms with Gasteiger partial charge in [-0.25, -0.2) is 12.7 Å². The van der Waals surface area contributed by atoms with Gasteiger partial charge in [0.2, 0.25) is 10.0 Å². The summed E-state index contributed by atoms with van der Waals surface area (Å²) in [6, 6.07) is 4.04. The molecule has 0 bridgehead atoms. The van der Waals surface area contributed by atoms with Crippen molar-refractivity contribution >= 4 is 33.5 Å². The van der Waals surface area contributed by atoms with Crippen LogP contribution in [0.2, 0.25) is 5.02 Å². The zero-order valence-corrected chi connectivity index (χ0v) is 19.6. The topological polar surface area (TPSA) is 87.2 Å².